The standard InChI is InChI=1S/C24H24N6O4S/c1-16-3-4-18(27-24(31)17-5-7-25-22(13-17)35(2,32)33)14-19(16)20-15-23(29-9-11-34-12-10-29)30-21(28-20)6-8-26-30/h3-8,13-15H,9-12H2,1-2H3,(H,27,31). The van der Waals surface area contributed by atoms with Crippen LogP contribution in [-0.4, -0.2) is 66.5 Å². The van der Waals surface area contributed by atoms with E-state index in [2.05, 4.69) is 20.3 Å². The maximum Gasteiger partial charge on any atom is 0.255 e. The third-order valence-electron chi connectivity index (χ3n) is 5.82. The Hall–Kier alpha value is -3.83. The molecule has 0 bridgehead atoms. The van der Waals surface area contributed by atoms with E-state index in [9.17, 15) is 13.2 Å². The second-order valence-electron chi connectivity index (χ2n) is 8.34. The number of hydrogen-bond donors (Lipinski definition) is 1. The van der Waals surface area contributed by atoms with Crippen LogP contribution in [0.3, 0.4) is 0 Å². The molecule has 10 nitrogen and oxygen atoms in total. The fourth-order valence-electron chi connectivity index (χ4n) is 3.98. The monoisotopic (exact) mass is 492 g/mol. The molecule has 1 saturated heterocycles. The molecule has 1 fully saturated rings. The summed E-state index contributed by atoms with van der Waals surface area (Å²) in [6.45, 7) is 4.80. The normalized spacial score (nSPS) is 14.3. The lowest BCUT2D eigenvalue weighted by atomic mass is 10.0. The summed E-state index contributed by atoms with van der Waals surface area (Å²) in [7, 11) is -3.53. The van der Waals surface area contributed by atoms with Gasteiger partial charge in [-0.05, 0) is 36.8 Å². The molecule has 0 saturated carbocycles. The lowest BCUT2D eigenvalue weighted by Gasteiger charge is -2.29. The zero-order valence-corrected chi connectivity index (χ0v) is 20.1. The van der Waals surface area contributed by atoms with Crippen molar-refractivity contribution in [3.63, 3.8) is 0 Å². The number of morpholine rings is 1. The van der Waals surface area contributed by atoms with Gasteiger partial charge in [-0.15, -0.1) is 0 Å². The van der Waals surface area contributed by atoms with Gasteiger partial charge in [0.05, 0.1) is 25.1 Å². The molecule has 1 aromatic carbocycles. The van der Waals surface area contributed by atoms with Crippen LogP contribution < -0.4 is 10.2 Å². The third-order valence-corrected chi connectivity index (χ3v) is 6.81. The van der Waals surface area contributed by atoms with Crippen molar-refractivity contribution in [1.82, 2.24) is 19.6 Å². The highest BCUT2D eigenvalue weighted by Crippen LogP contribution is 2.29. The van der Waals surface area contributed by atoms with Gasteiger partial charge < -0.3 is 15.0 Å². The molecule has 35 heavy (non-hydrogen) atoms. The number of aromatic nitrogens is 4. The number of benzene rings is 1. The molecule has 0 radical (unpaired) electrons. The van der Waals surface area contributed by atoms with E-state index < -0.39 is 15.7 Å². The van der Waals surface area contributed by atoms with E-state index in [1.54, 1.807) is 12.3 Å². The van der Waals surface area contributed by atoms with Gasteiger partial charge in [-0.25, -0.2) is 18.4 Å². The molecule has 0 aliphatic carbocycles. The van der Waals surface area contributed by atoms with E-state index in [0.29, 0.717) is 18.9 Å². The van der Waals surface area contributed by atoms with E-state index in [0.717, 1.165) is 47.6 Å². The first-order valence-corrected chi connectivity index (χ1v) is 12.9. The molecule has 1 N–H and O–H groups in total. The Morgan fingerprint density at radius 1 is 1.06 bits per heavy atom. The van der Waals surface area contributed by atoms with Crippen LogP contribution >= 0.6 is 0 Å². The van der Waals surface area contributed by atoms with Gasteiger partial charge in [0.2, 0.25) is 0 Å². The van der Waals surface area contributed by atoms with Crippen LogP contribution in [0.15, 0.2) is 59.9 Å². The molecular weight excluding hydrogens is 468 g/mol. The summed E-state index contributed by atoms with van der Waals surface area (Å²) in [5, 5.41) is 7.13. The molecule has 1 aliphatic heterocycles. The molecule has 4 aromatic rings. The fraction of sp³-hybridized carbons (Fsp3) is 0.250. The summed E-state index contributed by atoms with van der Waals surface area (Å²) in [4.78, 5) is 23.7. The molecule has 5 rings (SSSR count). The van der Waals surface area contributed by atoms with E-state index in [-0.39, 0.29) is 10.6 Å². The van der Waals surface area contributed by atoms with Crippen LogP contribution in [0, 0.1) is 6.92 Å². The smallest absolute Gasteiger partial charge is 0.255 e. The minimum Gasteiger partial charge on any atom is -0.378 e. The number of nitrogens with zero attached hydrogens (tertiary/aromatic N) is 5. The molecule has 0 atom stereocenters. The number of amides is 1. The number of nitrogens with one attached hydrogen (secondary N) is 1. The summed E-state index contributed by atoms with van der Waals surface area (Å²) >= 11 is 0. The summed E-state index contributed by atoms with van der Waals surface area (Å²) in [6.07, 6.45) is 4.08. The Bertz CT molecular complexity index is 1530. The second kappa shape index (κ2) is 9.08. The number of rotatable bonds is 5. The number of pyridine rings is 1. The average Bonchev–Trinajstić information content (AvgIpc) is 3.33. The summed E-state index contributed by atoms with van der Waals surface area (Å²) in [6, 6.07) is 12.2. The Balaban J connectivity index is 1.49. The van der Waals surface area contributed by atoms with Gasteiger partial charge in [-0.1, -0.05) is 6.07 Å². The Morgan fingerprint density at radius 2 is 1.86 bits per heavy atom. The quantitative estimate of drug-likeness (QED) is 0.452. The molecule has 180 valence electrons. The van der Waals surface area contributed by atoms with E-state index in [1.807, 2.05) is 35.7 Å². The Labute approximate surface area is 202 Å². The highest BCUT2D eigenvalue weighted by molar-refractivity contribution is 7.90. The van der Waals surface area contributed by atoms with Gasteiger partial charge in [0.1, 0.15) is 5.82 Å². The lowest BCUT2D eigenvalue weighted by molar-refractivity contribution is 0.102. The van der Waals surface area contributed by atoms with Crippen LogP contribution in [0.4, 0.5) is 11.5 Å². The van der Waals surface area contributed by atoms with Crippen molar-refractivity contribution in [1.29, 1.82) is 0 Å². The van der Waals surface area contributed by atoms with Crippen molar-refractivity contribution in [2.24, 2.45) is 0 Å². The Kier molecular flexibility index (Phi) is 5.95. The van der Waals surface area contributed by atoms with Crippen molar-refractivity contribution in [3.05, 3.63) is 66.0 Å². The van der Waals surface area contributed by atoms with Crippen molar-refractivity contribution in [2.45, 2.75) is 11.9 Å². The lowest BCUT2D eigenvalue weighted by Crippen LogP contribution is -2.37. The van der Waals surface area contributed by atoms with Crippen LogP contribution in [0.2, 0.25) is 0 Å². The molecule has 1 aliphatic rings. The number of fused-ring (bicyclic) bond motifs is 1. The van der Waals surface area contributed by atoms with Crippen molar-refractivity contribution in [3.8, 4) is 11.3 Å². The zero-order valence-electron chi connectivity index (χ0n) is 19.3. The van der Waals surface area contributed by atoms with Gasteiger partial charge >= 0.3 is 0 Å². The minimum absolute atomic E-state index is 0.149. The molecular formula is C24H24N6O4S. The van der Waals surface area contributed by atoms with E-state index in [4.69, 9.17) is 9.72 Å². The first-order chi connectivity index (χ1) is 16.8. The first-order valence-electron chi connectivity index (χ1n) is 11.1. The van der Waals surface area contributed by atoms with Crippen molar-refractivity contribution in [2.75, 3.05) is 42.8 Å². The first kappa shape index (κ1) is 22.9. The van der Waals surface area contributed by atoms with Gasteiger partial charge in [-0.3, -0.25) is 4.79 Å². The van der Waals surface area contributed by atoms with Gasteiger partial charge in [0.15, 0.2) is 20.5 Å². The predicted octanol–water partition coefficient (Wildman–Crippen LogP) is 2.59. The van der Waals surface area contributed by atoms with Crippen LogP contribution in [0.5, 0.6) is 0 Å². The summed E-state index contributed by atoms with van der Waals surface area (Å²) in [5.41, 5.74) is 4.12. The summed E-state index contributed by atoms with van der Waals surface area (Å²) in [5.74, 6) is 0.498. The second-order valence-corrected chi connectivity index (χ2v) is 10.3. The maximum absolute atomic E-state index is 12.8. The number of anilines is 2. The maximum atomic E-state index is 12.8. The van der Waals surface area contributed by atoms with Crippen molar-refractivity contribution < 1.29 is 17.9 Å². The predicted molar refractivity (Wildman–Crippen MR) is 131 cm³/mol. The molecule has 3 aromatic heterocycles. The average molecular weight is 493 g/mol. The largest absolute Gasteiger partial charge is 0.378 e. The SMILES string of the molecule is Cc1ccc(NC(=O)c2ccnc(S(C)(=O)=O)c2)cc1-c1cc(N2CCOCC2)n2nccc2n1. The van der Waals surface area contributed by atoms with Crippen molar-refractivity contribution >= 4 is 32.9 Å². The zero-order chi connectivity index (χ0) is 24.6. The summed E-state index contributed by atoms with van der Waals surface area (Å²) < 4.78 is 30.9. The Morgan fingerprint density at radius 3 is 2.63 bits per heavy atom. The topological polar surface area (TPSA) is 119 Å². The number of ether oxygens (including phenoxy) is 1. The number of carbonyl (C=O) groups excluding carboxylic acids is 1. The van der Waals surface area contributed by atoms with E-state index >= 15 is 0 Å². The van der Waals surface area contributed by atoms with Gasteiger partial charge in [0.25, 0.3) is 5.91 Å². The number of sulfone groups is 1. The highest BCUT2D eigenvalue weighted by Gasteiger charge is 2.19. The molecule has 1 amide bonds. The van der Waals surface area contributed by atoms with Gasteiger partial charge in [-0.2, -0.15) is 9.61 Å². The number of carbonyl (C=O) groups is 1. The fourth-order valence-corrected chi connectivity index (χ4v) is 4.58. The molecule has 0 unspecified atom stereocenters. The number of aryl methyl sites for hydroxylation is 1. The van der Waals surface area contributed by atoms with Crippen LogP contribution in [0.1, 0.15) is 15.9 Å². The minimum atomic E-state index is -3.53. The highest BCUT2D eigenvalue weighted by atomic mass is 32.2. The van der Waals surface area contributed by atoms with Crippen LogP contribution in [0.25, 0.3) is 16.9 Å². The molecule has 11 heteroatoms. The molecule has 0 spiro atoms. The third kappa shape index (κ3) is 4.73. The van der Waals surface area contributed by atoms with E-state index in [1.165, 1.54) is 18.3 Å². The van der Waals surface area contributed by atoms with Crippen LogP contribution in [-0.2, 0) is 14.6 Å². The van der Waals surface area contributed by atoms with Gasteiger partial charge in [0, 0.05) is 54.5 Å². The number of hydrogen-bond acceptors (Lipinski definition) is 8. The molecule has 4 heterocycles.